The first-order valence-corrected chi connectivity index (χ1v) is 14.0. The fourth-order valence-corrected chi connectivity index (χ4v) is 10.4. The molecule has 2 nitrogen and oxygen atoms in total. The molecule has 4 rings (SSSR count). The summed E-state index contributed by atoms with van der Waals surface area (Å²) in [5, 5.41) is 2.83. The summed E-state index contributed by atoms with van der Waals surface area (Å²) in [4.78, 5) is 12.8. The second-order valence-corrected chi connectivity index (χ2v) is 14.7. The molecule has 3 aromatic rings. The van der Waals surface area contributed by atoms with E-state index in [4.69, 9.17) is 27.6 Å². The maximum Gasteiger partial charge on any atom is 0.262 e. The molecule has 1 aliphatic rings. The van der Waals surface area contributed by atoms with E-state index >= 15 is 0 Å². The zero-order valence-corrected chi connectivity index (χ0v) is 22.1. The summed E-state index contributed by atoms with van der Waals surface area (Å²) in [5.41, 5.74) is 0.378. The highest BCUT2D eigenvalue weighted by atomic mass is 35.5. The van der Waals surface area contributed by atoms with Crippen molar-refractivity contribution in [2.45, 2.75) is 37.8 Å². The Morgan fingerprint density at radius 3 is 1.71 bits per heavy atom. The Hall–Kier alpha value is -2.43. The van der Waals surface area contributed by atoms with Crippen LogP contribution in [-0.2, 0) is 9.22 Å². The van der Waals surface area contributed by atoms with Gasteiger partial charge in [-0.2, -0.15) is 0 Å². The molecule has 0 saturated heterocycles. The lowest BCUT2D eigenvalue weighted by Gasteiger charge is -2.48. The minimum atomic E-state index is -3.01. The van der Waals surface area contributed by atoms with Gasteiger partial charge < -0.3 is 4.43 Å². The van der Waals surface area contributed by atoms with Crippen LogP contribution in [0.15, 0.2) is 107 Å². The van der Waals surface area contributed by atoms with Crippen LogP contribution in [0, 0.1) is 0 Å². The third-order valence-electron chi connectivity index (χ3n) is 6.33. The Balaban J connectivity index is 1.90. The van der Waals surface area contributed by atoms with Crippen LogP contribution in [0.25, 0.3) is 5.57 Å². The SMILES string of the molecule is CC(C)(C)[Si](OC1(C=O)C=C(Cl)C(c2ccccc2)=C(Cl)C1)(c1ccccc1)c1ccccc1. The summed E-state index contributed by atoms with van der Waals surface area (Å²) in [7, 11) is -3.01. The predicted octanol–water partition coefficient (Wildman–Crippen LogP) is 6.68. The number of rotatable bonds is 6. The summed E-state index contributed by atoms with van der Waals surface area (Å²) in [6.45, 7) is 6.54. The highest BCUT2D eigenvalue weighted by Gasteiger charge is 2.55. The van der Waals surface area contributed by atoms with Gasteiger partial charge in [-0.05, 0) is 27.1 Å². The van der Waals surface area contributed by atoms with Gasteiger partial charge >= 0.3 is 0 Å². The number of hydrogen-bond donors (Lipinski definition) is 0. The standard InChI is InChI=1S/C29H28Cl2O2Si/c1-28(2,3)34(23-15-9-5-10-16-23,24-17-11-6-12-18-24)33-29(21-32)19-25(30)27(26(31)20-29)22-13-7-4-8-14-22/h4-19,21H,20H2,1-3H3. The zero-order chi connectivity index (χ0) is 24.4. The number of halogens is 2. The molecule has 0 heterocycles. The molecule has 0 fully saturated rings. The van der Waals surface area contributed by atoms with Crippen molar-refractivity contribution >= 4 is 53.8 Å². The Morgan fingerprint density at radius 2 is 1.29 bits per heavy atom. The fourth-order valence-electron chi connectivity index (χ4n) is 4.80. The van der Waals surface area contributed by atoms with Crippen LogP contribution in [0.3, 0.4) is 0 Å². The first kappa shape index (κ1) is 24.7. The topological polar surface area (TPSA) is 26.3 Å². The van der Waals surface area contributed by atoms with E-state index in [-0.39, 0.29) is 11.5 Å². The highest BCUT2D eigenvalue weighted by Crippen LogP contribution is 2.46. The van der Waals surface area contributed by atoms with Crippen molar-refractivity contribution in [3.63, 3.8) is 0 Å². The number of carbonyl (C=O) groups is 1. The van der Waals surface area contributed by atoms with Crippen molar-refractivity contribution in [3.8, 4) is 0 Å². The summed E-state index contributed by atoms with van der Waals surface area (Å²) < 4.78 is 7.17. The van der Waals surface area contributed by atoms with Gasteiger partial charge in [-0.3, -0.25) is 4.79 Å². The van der Waals surface area contributed by atoms with Crippen LogP contribution >= 0.6 is 23.2 Å². The van der Waals surface area contributed by atoms with Gasteiger partial charge in [-0.1, -0.05) is 135 Å². The van der Waals surface area contributed by atoms with Gasteiger partial charge in [-0.15, -0.1) is 0 Å². The molecule has 3 aromatic carbocycles. The number of hydrogen-bond acceptors (Lipinski definition) is 2. The summed E-state index contributed by atoms with van der Waals surface area (Å²) >= 11 is 13.6. The summed E-state index contributed by atoms with van der Waals surface area (Å²) in [6.07, 6.45) is 2.83. The fraction of sp³-hybridized carbons (Fsp3) is 0.207. The smallest absolute Gasteiger partial charge is 0.262 e. The van der Waals surface area contributed by atoms with Crippen LogP contribution < -0.4 is 10.4 Å². The molecule has 0 saturated carbocycles. The van der Waals surface area contributed by atoms with Crippen molar-refractivity contribution in [3.05, 3.63) is 113 Å². The number of carbonyl (C=O) groups excluding carboxylic acids is 1. The molecule has 1 atom stereocenters. The van der Waals surface area contributed by atoms with Crippen molar-refractivity contribution in [2.24, 2.45) is 0 Å². The van der Waals surface area contributed by atoms with Crippen molar-refractivity contribution in [1.82, 2.24) is 0 Å². The molecular weight excluding hydrogens is 479 g/mol. The van der Waals surface area contributed by atoms with E-state index in [1.165, 1.54) is 0 Å². The van der Waals surface area contributed by atoms with E-state index < -0.39 is 13.9 Å². The molecule has 0 radical (unpaired) electrons. The maximum atomic E-state index is 12.8. The van der Waals surface area contributed by atoms with Crippen molar-refractivity contribution in [2.75, 3.05) is 0 Å². The van der Waals surface area contributed by atoms with Crippen LogP contribution in [0.5, 0.6) is 0 Å². The summed E-state index contributed by atoms with van der Waals surface area (Å²) in [5.74, 6) is 0. The maximum absolute atomic E-state index is 12.8. The van der Waals surface area contributed by atoms with Gasteiger partial charge in [0.05, 0.1) is 0 Å². The monoisotopic (exact) mass is 506 g/mol. The predicted molar refractivity (Wildman–Crippen MR) is 145 cm³/mol. The minimum Gasteiger partial charge on any atom is -0.391 e. The molecule has 34 heavy (non-hydrogen) atoms. The second kappa shape index (κ2) is 9.67. The van der Waals surface area contributed by atoms with E-state index in [9.17, 15) is 4.79 Å². The van der Waals surface area contributed by atoms with Gasteiger partial charge in [-0.25, -0.2) is 0 Å². The first-order chi connectivity index (χ1) is 16.2. The van der Waals surface area contributed by atoms with Gasteiger partial charge in [0.15, 0.2) is 6.29 Å². The first-order valence-electron chi connectivity index (χ1n) is 11.3. The average Bonchev–Trinajstić information content (AvgIpc) is 2.83. The molecule has 0 amide bonds. The lowest BCUT2D eigenvalue weighted by atomic mass is 9.90. The van der Waals surface area contributed by atoms with Crippen LogP contribution in [0.1, 0.15) is 32.8 Å². The molecule has 0 aromatic heterocycles. The molecule has 1 unspecified atom stereocenters. The molecule has 1 aliphatic carbocycles. The zero-order valence-electron chi connectivity index (χ0n) is 19.6. The van der Waals surface area contributed by atoms with Crippen molar-refractivity contribution in [1.29, 1.82) is 0 Å². The number of aldehydes is 1. The third-order valence-corrected chi connectivity index (χ3v) is 12.0. The highest BCUT2D eigenvalue weighted by molar-refractivity contribution is 6.99. The molecule has 0 spiro atoms. The Bertz CT molecular complexity index is 1180. The second-order valence-electron chi connectivity index (χ2n) is 9.65. The Labute approximate surface area is 213 Å². The van der Waals surface area contributed by atoms with Gasteiger partial charge in [0.2, 0.25) is 0 Å². The van der Waals surface area contributed by atoms with Gasteiger partial charge in [0.1, 0.15) is 5.60 Å². The van der Waals surface area contributed by atoms with Crippen LogP contribution in [0.4, 0.5) is 0 Å². The Morgan fingerprint density at radius 1 is 0.824 bits per heavy atom. The average molecular weight is 508 g/mol. The van der Waals surface area contributed by atoms with Crippen molar-refractivity contribution < 1.29 is 9.22 Å². The van der Waals surface area contributed by atoms with Gasteiger partial charge in [0, 0.05) is 22.1 Å². The quantitative estimate of drug-likeness (QED) is 0.275. The molecule has 0 bridgehead atoms. The molecule has 5 heteroatoms. The lowest BCUT2D eigenvalue weighted by molar-refractivity contribution is -0.118. The summed E-state index contributed by atoms with van der Waals surface area (Å²) in [6, 6.07) is 30.2. The minimum absolute atomic E-state index is 0.225. The van der Waals surface area contributed by atoms with E-state index in [0.717, 1.165) is 27.8 Å². The molecular formula is C29H28Cl2O2Si. The van der Waals surface area contributed by atoms with Gasteiger partial charge in [0.25, 0.3) is 8.32 Å². The Kier molecular flexibility index (Phi) is 7.02. The van der Waals surface area contributed by atoms with E-state index in [1.807, 2.05) is 66.7 Å². The lowest BCUT2D eigenvalue weighted by Crippen LogP contribution is -2.69. The largest absolute Gasteiger partial charge is 0.391 e. The molecule has 0 N–H and O–H groups in total. The third kappa shape index (κ3) is 4.46. The number of benzene rings is 3. The van der Waals surface area contributed by atoms with E-state index in [2.05, 4.69) is 45.0 Å². The van der Waals surface area contributed by atoms with Crippen LogP contribution in [0.2, 0.25) is 5.04 Å². The van der Waals surface area contributed by atoms with E-state index in [0.29, 0.717) is 10.1 Å². The van der Waals surface area contributed by atoms with Crippen LogP contribution in [-0.4, -0.2) is 20.2 Å². The molecule has 174 valence electrons. The number of allylic oxidation sites excluding steroid dienone is 2. The molecule has 0 aliphatic heterocycles. The van der Waals surface area contributed by atoms with E-state index in [1.54, 1.807) is 6.08 Å². The normalized spacial score (nSPS) is 19.0.